The summed E-state index contributed by atoms with van der Waals surface area (Å²) in [5, 5.41) is 3.07. The molecule has 1 aromatic heterocycles. The molecule has 0 aliphatic heterocycles. The topological polar surface area (TPSA) is 46.9 Å². The highest BCUT2D eigenvalue weighted by Crippen LogP contribution is 2.10. The second-order valence-corrected chi connectivity index (χ2v) is 5.21. The highest BCUT2D eigenvalue weighted by molar-refractivity contribution is 5.30. The largest absolute Gasteiger partial charge is 0.365 e. The maximum atomic E-state index is 12.1. The normalized spacial score (nSPS) is 11.0. The lowest BCUT2D eigenvalue weighted by Crippen LogP contribution is -2.35. The van der Waals surface area contributed by atoms with Gasteiger partial charge in [-0.3, -0.25) is 4.79 Å². The molecular formula is C14H21N3O. The van der Waals surface area contributed by atoms with Crippen LogP contribution >= 0.6 is 0 Å². The Kier molecular flexibility index (Phi) is 4.96. The summed E-state index contributed by atoms with van der Waals surface area (Å²) in [6.45, 7) is 6.69. The van der Waals surface area contributed by atoms with Gasteiger partial charge in [0.15, 0.2) is 5.82 Å². The van der Waals surface area contributed by atoms with Gasteiger partial charge in [-0.15, -0.1) is 12.3 Å². The molecule has 0 radical (unpaired) electrons. The Labute approximate surface area is 108 Å². The van der Waals surface area contributed by atoms with Crippen LogP contribution in [-0.4, -0.2) is 16.1 Å². The van der Waals surface area contributed by atoms with Gasteiger partial charge in [0.1, 0.15) is 0 Å². The quantitative estimate of drug-likeness (QED) is 0.641. The highest BCUT2D eigenvalue weighted by Gasteiger charge is 2.16. The molecule has 18 heavy (non-hydrogen) atoms. The molecule has 0 saturated carbocycles. The van der Waals surface area contributed by atoms with Crippen molar-refractivity contribution >= 4 is 5.82 Å². The van der Waals surface area contributed by atoms with Crippen LogP contribution in [0.3, 0.4) is 0 Å². The summed E-state index contributed by atoms with van der Waals surface area (Å²) in [7, 11) is 0. The molecule has 0 aliphatic carbocycles. The lowest BCUT2D eigenvalue weighted by atomic mass is 10.1. The van der Waals surface area contributed by atoms with E-state index in [1.54, 1.807) is 17.0 Å². The SMILES string of the molecule is C#CCCCCNc1nccn(C(C)(C)C)c1=O. The molecule has 98 valence electrons. The van der Waals surface area contributed by atoms with Crippen molar-refractivity contribution in [2.24, 2.45) is 0 Å². The third-order valence-electron chi connectivity index (χ3n) is 2.60. The first kappa shape index (κ1) is 14.3. The van der Waals surface area contributed by atoms with Gasteiger partial charge in [-0.05, 0) is 33.6 Å². The molecule has 1 heterocycles. The first-order valence-corrected chi connectivity index (χ1v) is 6.22. The van der Waals surface area contributed by atoms with E-state index in [4.69, 9.17) is 6.42 Å². The molecule has 1 aromatic rings. The van der Waals surface area contributed by atoms with Crippen molar-refractivity contribution in [2.75, 3.05) is 11.9 Å². The van der Waals surface area contributed by atoms with Crippen molar-refractivity contribution < 1.29 is 0 Å². The molecular weight excluding hydrogens is 226 g/mol. The number of nitrogens with one attached hydrogen (secondary N) is 1. The fraction of sp³-hybridized carbons (Fsp3) is 0.571. The van der Waals surface area contributed by atoms with Gasteiger partial charge in [-0.2, -0.15) is 0 Å². The first-order valence-electron chi connectivity index (χ1n) is 6.22. The molecule has 0 spiro atoms. The molecule has 0 unspecified atom stereocenters. The second-order valence-electron chi connectivity index (χ2n) is 5.21. The zero-order valence-corrected chi connectivity index (χ0v) is 11.4. The van der Waals surface area contributed by atoms with E-state index in [9.17, 15) is 4.79 Å². The number of unbranched alkanes of at least 4 members (excludes halogenated alkanes) is 2. The smallest absolute Gasteiger partial charge is 0.293 e. The van der Waals surface area contributed by atoms with Crippen molar-refractivity contribution in [3.8, 4) is 12.3 Å². The van der Waals surface area contributed by atoms with E-state index in [1.807, 2.05) is 20.8 Å². The van der Waals surface area contributed by atoms with Crippen LogP contribution in [0.25, 0.3) is 0 Å². The standard InChI is InChI=1S/C14H21N3O/c1-5-6-7-8-9-15-12-13(18)17(11-10-16-12)14(2,3)4/h1,10-11H,6-9H2,2-4H3,(H,15,16). The van der Waals surface area contributed by atoms with Crippen molar-refractivity contribution in [1.82, 2.24) is 9.55 Å². The molecule has 0 aliphatic rings. The second kappa shape index (κ2) is 6.25. The molecule has 0 amide bonds. The van der Waals surface area contributed by atoms with Crippen molar-refractivity contribution in [2.45, 2.75) is 45.6 Å². The highest BCUT2D eigenvalue weighted by atomic mass is 16.1. The minimum atomic E-state index is -0.236. The van der Waals surface area contributed by atoms with Crippen molar-refractivity contribution in [3.05, 3.63) is 22.7 Å². The van der Waals surface area contributed by atoms with Gasteiger partial charge in [-0.1, -0.05) is 0 Å². The monoisotopic (exact) mass is 247 g/mol. The summed E-state index contributed by atoms with van der Waals surface area (Å²) in [5.41, 5.74) is -0.318. The maximum Gasteiger partial charge on any atom is 0.293 e. The van der Waals surface area contributed by atoms with Crippen molar-refractivity contribution in [3.63, 3.8) is 0 Å². The van der Waals surface area contributed by atoms with Crippen LogP contribution in [0.15, 0.2) is 17.2 Å². The lowest BCUT2D eigenvalue weighted by Gasteiger charge is -2.22. The number of rotatable bonds is 5. The van der Waals surface area contributed by atoms with Gasteiger partial charge in [0.2, 0.25) is 0 Å². The van der Waals surface area contributed by atoms with Crippen LogP contribution in [0.2, 0.25) is 0 Å². The van der Waals surface area contributed by atoms with Gasteiger partial charge in [0.05, 0.1) is 0 Å². The number of nitrogens with zero attached hydrogens (tertiary/aromatic N) is 2. The van der Waals surface area contributed by atoms with E-state index in [1.165, 1.54) is 0 Å². The molecule has 0 aromatic carbocycles. The molecule has 1 N–H and O–H groups in total. The van der Waals surface area contributed by atoms with Crippen LogP contribution in [0.1, 0.15) is 40.0 Å². The van der Waals surface area contributed by atoms with Crippen LogP contribution < -0.4 is 10.9 Å². The molecule has 1 rings (SSSR count). The number of hydrogen-bond acceptors (Lipinski definition) is 3. The fourth-order valence-electron chi connectivity index (χ4n) is 1.62. The zero-order valence-electron chi connectivity index (χ0n) is 11.4. The molecule has 4 heteroatoms. The molecule has 0 bridgehead atoms. The van der Waals surface area contributed by atoms with E-state index in [2.05, 4.69) is 16.2 Å². The number of terminal acetylenes is 1. The summed E-state index contributed by atoms with van der Waals surface area (Å²) >= 11 is 0. The lowest BCUT2D eigenvalue weighted by molar-refractivity contribution is 0.383. The van der Waals surface area contributed by atoms with Crippen LogP contribution in [0.4, 0.5) is 5.82 Å². The number of anilines is 1. The fourth-order valence-corrected chi connectivity index (χ4v) is 1.62. The van der Waals surface area contributed by atoms with E-state index >= 15 is 0 Å². The molecule has 0 saturated heterocycles. The Balaban J connectivity index is 2.68. The predicted octanol–water partition coefficient (Wildman–Crippen LogP) is 2.21. The van der Waals surface area contributed by atoms with Crippen LogP contribution in [-0.2, 0) is 5.54 Å². The Bertz CT molecular complexity index is 477. The van der Waals surface area contributed by atoms with Gasteiger partial charge < -0.3 is 9.88 Å². The van der Waals surface area contributed by atoms with Gasteiger partial charge in [0.25, 0.3) is 5.56 Å². The molecule has 0 fully saturated rings. The van der Waals surface area contributed by atoms with E-state index in [0.29, 0.717) is 5.82 Å². The van der Waals surface area contributed by atoms with Gasteiger partial charge in [0, 0.05) is 30.9 Å². The summed E-state index contributed by atoms with van der Waals surface area (Å²) in [4.78, 5) is 16.2. The van der Waals surface area contributed by atoms with Gasteiger partial charge in [-0.25, -0.2) is 4.98 Å². The van der Waals surface area contributed by atoms with E-state index < -0.39 is 0 Å². The minimum Gasteiger partial charge on any atom is -0.365 e. The van der Waals surface area contributed by atoms with Crippen LogP contribution in [0, 0.1) is 12.3 Å². The predicted molar refractivity (Wildman–Crippen MR) is 74.7 cm³/mol. The van der Waals surface area contributed by atoms with E-state index in [0.717, 1.165) is 25.8 Å². The van der Waals surface area contributed by atoms with Crippen molar-refractivity contribution in [1.29, 1.82) is 0 Å². The van der Waals surface area contributed by atoms with E-state index in [-0.39, 0.29) is 11.1 Å². The maximum absolute atomic E-state index is 12.1. The molecule has 0 atom stereocenters. The number of aromatic nitrogens is 2. The Morgan fingerprint density at radius 3 is 2.78 bits per heavy atom. The average molecular weight is 247 g/mol. The Morgan fingerprint density at radius 1 is 1.44 bits per heavy atom. The van der Waals surface area contributed by atoms with Crippen LogP contribution in [0.5, 0.6) is 0 Å². The Morgan fingerprint density at radius 2 is 2.17 bits per heavy atom. The zero-order chi connectivity index (χ0) is 13.6. The van der Waals surface area contributed by atoms with Gasteiger partial charge >= 0.3 is 0 Å². The first-order chi connectivity index (χ1) is 8.46. The summed E-state index contributed by atoms with van der Waals surface area (Å²) in [6.07, 6.45) is 11.2. The average Bonchev–Trinajstić information content (AvgIpc) is 2.29. The number of hydrogen-bond donors (Lipinski definition) is 1. The molecule has 4 nitrogen and oxygen atoms in total. The third-order valence-corrected chi connectivity index (χ3v) is 2.60. The minimum absolute atomic E-state index is 0.0815. The summed E-state index contributed by atoms with van der Waals surface area (Å²) in [6, 6.07) is 0. The third kappa shape index (κ3) is 3.92. The summed E-state index contributed by atoms with van der Waals surface area (Å²) < 4.78 is 1.68. The summed E-state index contributed by atoms with van der Waals surface area (Å²) in [5.74, 6) is 3.01. The Hall–Kier alpha value is -1.76.